The Bertz CT molecular complexity index is 838. The summed E-state index contributed by atoms with van der Waals surface area (Å²) in [6.45, 7) is 1.16. The molecule has 1 heterocycles. The van der Waals surface area contributed by atoms with Crippen molar-refractivity contribution in [1.29, 1.82) is 0 Å². The molecule has 0 aromatic heterocycles. The molecule has 148 valence electrons. The first kappa shape index (κ1) is 19.5. The van der Waals surface area contributed by atoms with Crippen LogP contribution in [-0.4, -0.2) is 57.2 Å². The normalized spacial score (nSPS) is 12.4. The maximum atomic E-state index is 12.2. The fourth-order valence-electron chi connectivity index (χ4n) is 2.74. The van der Waals surface area contributed by atoms with E-state index in [2.05, 4.69) is 10.6 Å². The van der Waals surface area contributed by atoms with Gasteiger partial charge in [0.1, 0.15) is 19.0 Å². The van der Waals surface area contributed by atoms with Gasteiger partial charge in [-0.15, -0.1) is 0 Å². The van der Waals surface area contributed by atoms with Gasteiger partial charge >= 0.3 is 0 Å². The molecular weight excluding hydrogens is 362 g/mol. The molecule has 8 nitrogen and oxygen atoms in total. The lowest BCUT2D eigenvalue weighted by Crippen LogP contribution is -2.36. The van der Waals surface area contributed by atoms with Crippen LogP contribution in [0.15, 0.2) is 42.5 Å². The lowest BCUT2D eigenvalue weighted by Gasteiger charge is -2.19. The summed E-state index contributed by atoms with van der Waals surface area (Å²) in [5.74, 6) is 1.55. The van der Waals surface area contributed by atoms with Gasteiger partial charge in [0.05, 0.1) is 20.2 Å². The first-order valence-corrected chi connectivity index (χ1v) is 8.85. The number of nitrogens with one attached hydrogen (secondary N) is 2. The second-order valence-corrected chi connectivity index (χ2v) is 6.36. The van der Waals surface area contributed by atoms with Crippen LogP contribution >= 0.6 is 0 Å². The van der Waals surface area contributed by atoms with E-state index < -0.39 is 0 Å². The van der Waals surface area contributed by atoms with Crippen LogP contribution in [0.4, 0.5) is 11.4 Å². The average Bonchev–Trinajstić information content (AvgIpc) is 2.68. The summed E-state index contributed by atoms with van der Waals surface area (Å²) in [6.07, 6.45) is 0. The Morgan fingerprint density at radius 2 is 1.50 bits per heavy atom. The number of rotatable bonds is 7. The van der Waals surface area contributed by atoms with Crippen LogP contribution in [0.1, 0.15) is 0 Å². The van der Waals surface area contributed by atoms with Crippen molar-refractivity contribution in [2.24, 2.45) is 0 Å². The molecule has 2 N–H and O–H groups in total. The Balaban J connectivity index is 1.46. The Hall–Kier alpha value is -3.26. The number of likely N-dealkylation sites (N-methyl/N-ethyl adjacent to an activating group) is 1. The Labute approximate surface area is 163 Å². The fraction of sp³-hybridized carbons (Fsp3) is 0.300. The number of nitrogens with zero attached hydrogens (tertiary/aromatic N) is 1. The van der Waals surface area contributed by atoms with Gasteiger partial charge in [-0.1, -0.05) is 0 Å². The molecule has 3 rings (SSSR count). The number of amides is 2. The van der Waals surface area contributed by atoms with E-state index in [0.29, 0.717) is 41.8 Å². The second-order valence-electron chi connectivity index (χ2n) is 6.36. The summed E-state index contributed by atoms with van der Waals surface area (Å²) in [5, 5.41) is 5.58. The van der Waals surface area contributed by atoms with E-state index in [9.17, 15) is 9.59 Å². The van der Waals surface area contributed by atoms with Gasteiger partial charge in [-0.2, -0.15) is 0 Å². The highest BCUT2D eigenvalue weighted by Gasteiger charge is 2.14. The number of carbonyl (C=O) groups excluding carboxylic acids is 2. The largest absolute Gasteiger partial charge is 0.497 e. The SMILES string of the molecule is COc1ccc(NC(=O)CN(C)CC(=O)Nc2ccc3c(c2)OCCO3)cc1. The summed E-state index contributed by atoms with van der Waals surface area (Å²) >= 11 is 0. The molecule has 0 aliphatic carbocycles. The Kier molecular flexibility index (Phi) is 6.33. The number of fused-ring (bicyclic) bond motifs is 1. The van der Waals surface area contributed by atoms with E-state index in [4.69, 9.17) is 14.2 Å². The van der Waals surface area contributed by atoms with Crippen molar-refractivity contribution >= 4 is 23.2 Å². The standard InChI is InChI=1S/C20H23N3O5/c1-23(12-19(24)21-14-3-6-16(26-2)7-4-14)13-20(25)22-15-5-8-17-18(11-15)28-10-9-27-17/h3-8,11H,9-10,12-13H2,1-2H3,(H,21,24)(H,22,25). The zero-order chi connectivity index (χ0) is 19.9. The predicted molar refractivity (Wildman–Crippen MR) is 105 cm³/mol. The zero-order valence-electron chi connectivity index (χ0n) is 15.9. The lowest BCUT2D eigenvalue weighted by molar-refractivity contribution is -0.119. The third-order valence-electron chi connectivity index (χ3n) is 4.03. The van der Waals surface area contributed by atoms with Crippen LogP contribution in [0.25, 0.3) is 0 Å². The summed E-state index contributed by atoms with van der Waals surface area (Å²) in [4.78, 5) is 26.0. The molecule has 0 spiro atoms. The Morgan fingerprint density at radius 1 is 0.929 bits per heavy atom. The number of anilines is 2. The summed E-state index contributed by atoms with van der Waals surface area (Å²) in [7, 11) is 3.29. The second kappa shape index (κ2) is 9.09. The molecule has 0 saturated carbocycles. The molecule has 0 saturated heterocycles. The van der Waals surface area contributed by atoms with Gasteiger partial charge in [0, 0.05) is 17.4 Å². The lowest BCUT2D eigenvalue weighted by atomic mass is 10.2. The fourth-order valence-corrected chi connectivity index (χ4v) is 2.74. The summed E-state index contributed by atoms with van der Waals surface area (Å²) < 4.78 is 16.0. The quantitative estimate of drug-likeness (QED) is 0.758. The average molecular weight is 385 g/mol. The van der Waals surface area contributed by atoms with Crippen molar-refractivity contribution < 1.29 is 23.8 Å². The summed E-state index contributed by atoms with van der Waals surface area (Å²) in [6, 6.07) is 12.3. The van der Waals surface area contributed by atoms with E-state index in [-0.39, 0.29) is 24.9 Å². The highest BCUT2D eigenvalue weighted by molar-refractivity contribution is 5.94. The van der Waals surface area contributed by atoms with E-state index in [1.165, 1.54) is 0 Å². The number of methoxy groups -OCH3 is 1. The Morgan fingerprint density at radius 3 is 2.14 bits per heavy atom. The van der Waals surface area contributed by atoms with Gasteiger partial charge in [0.15, 0.2) is 11.5 Å². The van der Waals surface area contributed by atoms with Crippen molar-refractivity contribution in [3.63, 3.8) is 0 Å². The molecule has 1 aliphatic heterocycles. The van der Waals surface area contributed by atoms with Crippen LogP contribution in [0.2, 0.25) is 0 Å². The van der Waals surface area contributed by atoms with Crippen LogP contribution in [0.3, 0.4) is 0 Å². The van der Waals surface area contributed by atoms with E-state index in [1.807, 2.05) is 0 Å². The predicted octanol–water partition coefficient (Wildman–Crippen LogP) is 1.98. The molecule has 1 aliphatic rings. The van der Waals surface area contributed by atoms with E-state index in [1.54, 1.807) is 61.5 Å². The van der Waals surface area contributed by atoms with Gasteiger partial charge in [-0.05, 0) is 43.4 Å². The molecular formula is C20H23N3O5. The molecule has 0 unspecified atom stereocenters. The minimum absolute atomic E-state index is 0.0739. The van der Waals surface area contributed by atoms with Gasteiger partial charge in [0.2, 0.25) is 11.8 Å². The van der Waals surface area contributed by atoms with Crippen LogP contribution in [0.5, 0.6) is 17.2 Å². The van der Waals surface area contributed by atoms with Gasteiger partial charge in [0.25, 0.3) is 0 Å². The van der Waals surface area contributed by atoms with Crippen molar-refractivity contribution in [1.82, 2.24) is 4.90 Å². The first-order valence-electron chi connectivity index (χ1n) is 8.85. The topological polar surface area (TPSA) is 89.1 Å². The van der Waals surface area contributed by atoms with Gasteiger partial charge < -0.3 is 24.8 Å². The van der Waals surface area contributed by atoms with Crippen LogP contribution in [0, 0.1) is 0 Å². The molecule has 0 atom stereocenters. The first-order chi connectivity index (χ1) is 13.5. The van der Waals surface area contributed by atoms with Crippen molar-refractivity contribution in [2.75, 3.05) is 51.1 Å². The van der Waals surface area contributed by atoms with Crippen molar-refractivity contribution in [3.8, 4) is 17.2 Å². The zero-order valence-corrected chi connectivity index (χ0v) is 15.9. The molecule has 0 fully saturated rings. The molecule has 28 heavy (non-hydrogen) atoms. The maximum Gasteiger partial charge on any atom is 0.238 e. The highest BCUT2D eigenvalue weighted by atomic mass is 16.6. The number of hydrogen-bond acceptors (Lipinski definition) is 6. The molecule has 8 heteroatoms. The molecule has 0 bridgehead atoms. The number of ether oxygens (including phenoxy) is 3. The van der Waals surface area contributed by atoms with Crippen molar-refractivity contribution in [3.05, 3.63) is 42.5 Å². The molecule has 2 amide bonds. The number of carbonyl (C=O) groups is 2. The third kappa shape index (κ3) is 5.37. The number of benzene rings is 2. The highest BCUT2D eigenvalue weighted by Crippen LogP contribution is 2.32. The van der Waals surface area contributed by atoms with Crippen LogP contribution in [-0.2, 0) is 9.59 Å². The van der Waals surface area contributed by atoms with Gasteiger partial charge in [-0.3, -0.25) is 14.5 Å². The molecule has 0 radical (unpaired) electrons. The summed E-state index contributed by atoms with van der Waals surface area (Å²) in [5.41, 5.74) is 1.28. The third-order valence-corrected chi connectivity index (χ3v) is 4.03. The smallest absolute Gasteiger partial charge is 0.238 e. The van der Waals surface area contributed by atoms with Crippen molar-refractivity contribution in [2.45, 2.75) is 0 Å². The number of hydrogen-bond donors (Lipinski definition) is 2. The van der Waals surface area contributed by atoms with E-state index >= 15 is 0 Å². The minimum Gasteiger partial charge on any atom is -0.497 e. The van der Waals surface area contributed by atoms with Crippen LogP contribution < -0.4 is 24.8 Å². The molecule has 2 aromatic carbocycles. The maximum absolute atomic E-state index is 12.2. The minimum atomic E-state index is -0.226. The van der Waals surface area contributed by atoms with E-state index in [0.717, 1.165) is 0 Å². The van der Waals surface area contributed by atoms with Gasteiger partial charge in [-0.25, -0.2) is 0 Å². The monoisotopic (exact) mass is 385 g/mol. The molecule has 2 aromatic rings.